The molecule has 110 valence electrons. The highest BCUT2D eigenvalue weighted by Crippen LogP contribution is 2.22. The van der Waals surface area contributed by atoms with Crippen molar-refractivity contribution in [3.05, 3.63) is 54.0 Å². The van der Waals surface area contributed by atoms with Gasteiger partial charge >= 0.3 is 0 Å². The Bertz CT molecular complexity index is 575. The third-order valence-corrected chi connectivity index (χ3v) is 3.62. The van der Waals surface area contributed by atoms with Crippen molar-refractivity contribution < 1.29 is 4.74 Å². The number of rotatable bonds is 4. The zero-order valence-corrected chi connectivity index (χ0v) is 12.2. The van der Waals surface area contributed by atoms with Crippen molar-refractivity contribution in [3.8, 4) is 0 Å². The largest absolute Gasteiger partial charge is 0.373 e. The molecule has 1 aliphatic heterocycles. The molecule has 2 aromatic rings. The average Bonchev–Trinajstić information content (AvgIpc) is 2.56. The van der Waals surface area contributed by atoms with Crippen LogP contribution in [0.3, 0.4) is 0 Å². The highest BCUT2D eigenvalue weighted by Gasteiger charge is 2.23. The molecule has 0 amide bonds. The fourth-order valence-corrected chi connectivity index (χ4v) is 2.52. The molecular formula is C16H20N4O. The van der Waals surface area contributed by atoms with Crippen LogP contribution >= 0.6 is 0 Å². The number of pyridine rings is 2. The number of nitrogens with one attached hydrogen (secondary N) is 1. The second-order valence-corrected chi connectivity index (χ2v) is 5.11. The fourth-order valence-electron chi connectivity index (χ4n) is 2.52. The van der Waals surface area contributed by atoms with E-state index in [1.807, 2.05) is 43.6 Å². The Morgan fingerprint density at radius 3 is 3.05 bits per heavy atom. The summed E-state index contributed by atoms with van der Waals surface area (Å²) in [6, 6.07) is 12.0. The number of nitrogens with zero attached hydrogens (tertiary/aromatic N) is 3. The lowest BCUT2D eigenvalue weighted by atomic mass is 10.1. The minimum absolute atomic E-state index is 0.0239. The molecule has 5 heteroatoms. The first-order valence-corrected chi connectivity index (χ1v) is 7.24. The zero-order valence-electron chi connectivity index (χ0n) is 12.2. The molecule has 0 spiro atoms. The molecule has 1 aliphatic rings. The Morgan fingerprint density at radius 2 is 2.24 bits per heavy atom. The molecule has 21 heavy (non-hydrogen) atoms. The summed E-state index contributed by atoms with van der Waals surface area (Å²) in [5.74, 6) is 0.873. The smallest absolute Gasteiger partial charge is 0.126 e. The van der Waals surface area contributed by atoms with Gasteiger partial charge in [-0.3, -0.25) is 9.88 Å². The minimum Gasteiger partial charge on any atom is -0.373 e. The van der Waals surface area contributed by atoms with Gasteiger partial charge in [-0.2, -0.15) is 0 Å². The summed E-state index contributed by atoms with van der Waals surface area (Å²) >= 11 is 0. The molecule has 0 radical (unpaired) electrons. The quantitative estimate of drug-likeness (QED) is 0.931. The summed E-state index contributed by atoms with van der Waals surface area (Å²) in [7, 11) is 1.88. The maximum absolute atomic E-state index is 5.88. The molecule has 0 bridgehead atoms. The van der Waals surface area contributed by atoms with Gasteiger partial charge in [0.1, 0.15) is 11.9 Å². The molecule has 0 saturated carbocycles. The number of anilines is 1. The average molecular weight is 284 g/mol. The number of aromatic nitrogens is 2. The van der Waals surface area contributed by atoms with E-state index in [1.165, 1.54) is 0 Å². The van der Waals surface area contributed by atoms with Crippen LogP contribution in [0.5, 0.6) is 0 Å². The Kier molecular flexibility index (Phi) is 4.43. The number of ether oxygens (including phenoxy) is 1. The highest BCUT2D eigenvalue weighted by molar-refractivity contribution is 5.34. The molecular weight excluding hydrogens is 264 g/mol. The second-order valence-electron chi connectivity index (χ2n) is 5.11. The van der Waals surface area contributed by atoms with E-state index in [-0.39, 0.29) is 6.10 Å². The van der Waals surface area contributed by atoms with Gasteiger partial charge in [0.2, 0.25) is 0 Å². The first kappa shape index (κ1) is 14.0. The van der Waals surface area contributed by atoms with Crippen LogP contribution in [0.25, 0.3) is 0 Å². The van der Waals surface area contributed by atoms with E-state index in [0.717, 1.165) is 43.4 Å². The van der Waals surface area contributed by atoms with Gasteiger partial charge in [0.15, 0.2) is 0 Å². The highest BCUT2D eigenvalue weighted by atomic mass is 16.5. The molecule has 1 atom stereocenters. The van der Waals surface area contributed by atoms with E-state index in [4.69, 9.17) is 4.74 Å². The van der Waals surface area contributed by atoms with Crippen LogP contribution in [0.4, 0.5) is 5.82 Å². The zero-order chi connectivity index (χ0) is 14.5. The Labute approximate surface area is 125 Å². The Morgan fingerprint density at radius 1 is 1.29 bits per heavy atom. The van der Waals surface area contributed by atoms with Crippen LogP contribution in [0.1, 0.15) is 17.5 Å². The van der Waals surface area contributed by atoms with Crippen molar-refractivity contribution in [1.82, 2.24) is 14.9 Å². The summed E-state index contributed by atoms with van der Waals surface area (Å²) < 4.78 is 5.88. The van der Waals surface area contributed by atoms with Gasteiger partial charge in [-0.05, 0) is 24.3 Å². The summed E-state index contributed by atoms with van der Waals surface area (Å²) in [5.41, 5.74) is 2.07. The van der Waals surface area contributed by atoms with Gasteiger partial charge in [-0.15, -0.1) is 0 Å². The van der Waals surface area contributed by atoms with Crippen LogP contribution in [-0.4, -0.2) is 41.6 Å². The molecule has 1 fully saturated rings. The monoisotopic (exact) mass is 284 g/mol. The van der Waals surface area contributed by atoms with Crippen LogP contribution in [-0.2, 0) is 11.3 Å². The molecule has 0 aromatic carbocycles. The third kappa shape index (κ3) is 3.56. The van der Waals surface area contributed by atoms with E-state index in [9.17, 15) is 0 Å². The standard InChI is InChI=1S/C16H20N4O/c1-17-16-7-4-6-14(19-16)15-12-20(9-10-21-15)11-13-5-2-3-8-18-13/h2-8,15H,9-12H2,1H3,(H,17,19). The Hall–Kier alpha value is -1.98. The predicted octanol–water partition coefficient (Wildman–Crippen LogP) is 2.09. The number of hydrogen-bond acceptors (Lipinski definition) is 5. The van der Waals surface area contributed by atoms with Crippen LogP contribution in [0.15, 0.2) is 42.6 Å². The summed E-state index contributed by atoms with van der Waals surface area (Å²) in [6.07, 6.45) is 1.86. The van der Waals surface area contributed by atoms with Gasteiger partial charge in [0, 0.05) is 32.9 Å². The van der Waals surface area contributed by atoms with Gasteiger partial charge in [0.25, 0.3) is 0 Å². The normalized spacial score (nSPS) is 19.4. The summed E-state index contributed by atoms with van der Waals surface area (Å²) in [6.45, 7) is 3.35. The van der Waals surface area contributed by atoms with Gasteiger partial charge in [0.05, 0.1) is 18.0 Å². The SMILES string of the molecule is CNc1cccc(C2CN(Cc3ccccn3)CCO2)n1. The molecule has 0 aliphatic carbocycles. The number of morpholine rings is 1. The van der Waals surface area contributed by atoms with Gasteiger partial charge < -0.3 is 10.1 Å². The Balaban J connectivity index is 1.67. The van der Waals surface area contributed by atoms with E-state index in [2.05, 4.69) is 26.3 Å². The summed E-state index contributed by atoms with van der Waals surface area (Å²) in [5, 5.41) is 3.07. The third-order valence-electron chi connectivity index (χ3n) is 3.62. The van der Waals surface area contributed by atoms with Crippen molar-refractivity contribution in [3.63, 3.8) is 0 Å². The molecule has 5 nitrogen and oxygen atoms in total. The van der Waals surface area contributed by atoms with E-state index >= 15 is 0 Å². The maximum atomic E-state index is 5.88. The topological polar surface area (TPSA) is 50.3 Å². The van der Waals surface area contributed by atoms with Crippen LogP contribution < -0.4 is 5.32 Å². The summed E-state index contributed by atoms with van der Waals surface area (Å²) in [4.78, 5) is 11.3. The van der Waals surface area contributed by atoms with E-state index in [1.54, 1.807) is 0 Å². The maximum Gasteiger partial charge on any atom is 0.126 e. The fraction of sp³-hybridized carbons (Fsp3) is 0.375. The van der Waals surface area contributed by atoms with Crippen LogP contribution in [0, 0.1) is 0 Å². The first-order chi connectivity index (χ1) is 10.3. The van der Waals surface area contributed by atoms with Crippen LogP contribution in [0.2, 0.25) is 0 Å². The number of hydrogen-bond donors (Lipinski definition) is 1. The molecule has 3 heterocycles. The first-order valence-electron chi connectivity index (χ1n) is 7.24. The van der Waals surface area contributed by atoms with Gasteiger partial charge in [-0.1, -0.05) is 12.1 Å². The van der Waals surface area contributed by atoms with Gasteiger partial charge in [-0.25, -0.2) is 4.98 Å². The van der Waals surface area contributed by atoms with Crippen molar-refractivity contribution in [2.24, 2.45) is 0 Å². The van der Waals surface area contributed by atoms with Crippen molar-refractivity contribution in [2.45, 2.75) is 12.6 Å². The lowest BCUT2D eigenvalue weighted by Crippen LogP contribution is -2.38. The molecule has 1 unspecified atom stereocenters. The van der Waals surface area contributed by atoms with Crippen molar-refractivity contribution >= 4 is 5.82 Å². The van der Waals surface area contributed by atoms with E-state index < -0.39 is 0 Å². The second kappa shape index (κ2) is 6.65. The van der Waals surface area contributed by atoms with Crippen molar-refractivity contribution in [1.29, 1.82) is 0 Å². The molecule has 2 aromatic heterocycles. The lowest BCUT2D eigenvalue weighted by Gasteiger charge is -2.32. The van der Waals surface area contributed by atoms with Crippen molar-refractivity contribution in [2.75, 3.05) is 32.1 Å². The molecule has 1 N–H and O–H groups in total. The molecule has 3 rings (SSSR count). The van der Waals surface area contributed by atoms with E-state index in [0.29, 0.717) is 0 Å². The minimum atomic E-state index is 0.0239. The molecule has 1 saturated heterocycles. The predicted molar refractivity (Wildman–Crippen MR) is 82.0 cm³/mol. The lowest BCUT2D eigenvalue weighted by molar-refractivity contribution is -0.0352.